The predicted molar refractivity (Wildman–Crippen MR) is 97.5 cm³/mol. The van der Waals surface area contributed by atoms with Gasteiger partial charge in [0, 0.05) is 26.0 Å². The molecular weight excluding hydrogens is 448 g/mol. The van der Waals surface area contributed by atoms with Crippen molar-refractivity contribution in [3.05, 3.63) is 25.6 Å². The summed E-state index contributed by atoms with van der Waals surface area (Å²) in [6.07, 6.45) is 5.00. The van der Waals surface area contributed by atoms with E-state index in [2.05, 4.69) is 77.1 Å². The van der Waals surface area contributed by atoms with Crippen LogP contribution in [0.5, 0.6) is 0 Å². The van der Waals surface area contributed by atoms with Crippen LogP contribution in [0.1, 0.15) is 32.6 Å². The van der Waals surface area contributed by atoms with Crippen molar-refractivity contribution in [2.75, 3.05) is 25.0 Å². The number of nitrogens with one attached hydrogen (secondary N) is 1. The summed E-state index contributed by atoms with van der Waals surface area (Å²) >= 11 is 10.8. The number of hydrogen-bond acceptors (Lipinski definition) is 2. The molecule has 1 unspecified atom stereocenters. The van der Waals surface area contributed by atoms with Crippen molar-refractivity contribution >= 4 is 53.5 Å². The van der Waals surface area contributed by atoms with Crippen LogP contribution >= 0.6 is 47.8 Å². The van der Waals surface area contributed by atoms with Crippen molar-refractivity contribution < 1.29 is 0 Å². The van der Waals surface area contributed by atoms with Crippen molar-refractivity contribution in [3.8, 4) is 0 Å². The summed E-state index contributed by atoms with van der Waals surface area (Å²) in [5, 5.41) is 3.71. The molecule has 0 aliphatic carbocycles. The largest absolute Gasteiger partial charge is 0.380 e. The highest BCUT2D eigenvalue weighted by Gasteiger charge is 2.18. The Morgan fingerprint density at radius 3 is 2.50 bits per heavy atom. The third kappa shape index (κ3) is 4.72. The lowest BCUT2D eigenvalue weighted by molar-refractivity contribution is 0.285. The molecule has 0 saturated carbocycles. The topological polar surface area (TPSA) is 15.3 Å². The van der Waals surface area contributed by atoms with Gasteiger partial charge in [-0.15, -0.1) is 0 Å². The van der Waals surface area contributed by atoms with Crippen LogP contribution in [0.15, 0.2) is 25.6 Å². The lowest BCUT2D eigenvalue weighted by Gasteiger charge is -2.21. The SMILES string of the molecule is CCCN1CCCC(Nc2c(Br)cc(Br)cc2Br)CC1. The molecule has 2 rings (SSSR count). The molecule has 1 N–H and O–H groups in total. The van der Waals surface area contributed by atoms with Crippen LogP contribution < -0.4 is 5.32 Å². The van der Waals surface area contributed by atoms with E-state index in [1.54, 1.807) is 0 Å². The van der Waals surface area contributed by atoms with E-state index in [0.717, 1.165) is 13.4 Å². The fourth-order valence-corrected chi connectivity index (χ4v) is 5.21. The second kappa shape index (κ2) is 8.16. The van der Waals surface area contributed by atoms with Gasteiger partial charge in [-0.25, -0.2) is 0 Å². The van der Waals surface area contributed by atoms with Gasteiger partial charge in [-0.1, -0.05) is 22.9 Å². The summed E-state index contributed by atoms with van der Waals surface area (Å²) in [7, 11) is 0. The average Bonchev–Trinajstić information content (AvgIpc) is 2.60. The van der Waals surface area contributed by atoms with Gasteiger partial charge in [-0.05, 0) is 82.8 Å². The molecular formula is C15H21Br3N2. The van der Waals surface area contributed by atoms with E-state index in [4.69, 9.17) is 0 Å². The maximum atomic E-state index is 3.71. The van der Waals surface area contributed by atoms with Gasteiger partial charge >= 0.3 is 0 Å². The Hall–Kier alpha value is 0.420. The number of benzene rings is 1. The highest BCUT2D eigenvalue weighted by molar-refractivity contribution is 9.11. The zero-order chi connectivity index (χ0) is 14.5. The summed E-state index contributed by atoms with van der Waals surface area (Å²) in [4.78, 5) is 2.59. The van der Waals surface area contributed by atoms with Crippen molar-refractivity contribution in [2.45, 2.75) is 38.6 Å². The van der Waals surface area contributed by atoms with Gasteiger partial charge in [-0.2, -0.15) is 0 Å². The molecule has 1 saturated heterocycles. The van der Waals surface area contributed by atoms with Gasteiger partial charge in [0.05, 0.1) is 5.69 Å². The van der Waals surface area contributed by atoms with Crippen molar-refractivity contribution in [3.63, 3.8) is 0 Å². The number of halogens is 3. The van der Waals surface area contributed by atoms with E-state index in [0.29, 0.717) is 6.04 Å². The van der Waals surface area contributed by atoms with Crippen molar-refractivity contribution in [1.82, 2.24) is 4.90 Å². The molecule has 0 amide bonds. The molecule has 0 aromatic heterocycles. The Labute approximate surface area is 147 Å². The molecule has 1 aromatic rings. The minimum Gasteiger partial charge on any atom is -0.380 e. The number of rotatable bonds is 4. The lowest BCUT2D eigenvalue weighted by Crippen LogP contribution is -2.27. The maximum Gasteiger partial charge on any atom is 0.0631 e. The number of likely N-dealkylation sites (tertiary alicyclic amines) is 1. The first-order valence-electron chi connectivity index (χ1n) is 7.23. The monoisotopic (exact) mass is 466 g/mol. The molecule has 5 heteroatoms. The van der Waals surface area contributed by atoms with Crippen LogP contribution in [-0.4, -0.2) is 30.6 Å². The van der Waals surface area contributed by atoms with E-state index in [1.165, 1.54) is 51.0 Å². The lowest BCUT2D eigenvalue weighted by atomic mass is 10.1. The minimum atomic E-state index is 0.561. The van der Waals surface area contributed by atoms with Crippen LogP contribution in [0.3, 0.4) is 0 Å². The summed E-state index contributed by atoms with van der Waals surface area (Å²) in [5.41, 5.74) is 1.17. The summed E-state index contributed by atoms with van der Waals surface area (Å²) in [6.45, 7) is 5.95. The van der Waals surface area contributed by atoms with Crippen LogP contribution in [-0.2, 0) is 0 Å². The van der Waals surface area contributed by atoms with E-state index in [9.17, 15) is 0 Å². The van der Waals surface area contributed by atoms with Crippen LogP contribution in [0.25, 0.3) is 0 Å². The standard InChI is InChI=1S/C15H21Br3N2/c1-2-6-20-7-3-4-12(5-8-20)19-15-13(17)9-11(16)10-14(15)18/h9-10,12,19H,2-8H2,1H3. The van der Waals surface area contributed by atoms with Crippen molar-refractivity contribution in [1.29, 1.82) is 0 Å². The van der Waals surface area contributed by atoms with Crippen LogP contribution in [0.2, 0.25) is 0 Å². The van der Waals surface area contributed by atoms with Crippen LogP contribution in [0, 0.1) is 0 Å². The van der Waals surface area contributed by atoms with Crippen molar-refractivity contribution in [2.24, 2.45) is 0 Å². The van der Waals surface area contributed by atoms with Gasteiger partial charge in [0.25, 0.3) is 0 Å². The third-order valence-corrected chi connectivity index (χ3v) is 5.42. The smallest absolute Gasteiger partial charge is 0.0631 e. The van der Waals surface area contributed by atoms with Gasteiger partial charge in [0.1, 0.15) is 0 Å². The molecule has 0 spiro atoms. The quantitative estimate of drug-likeness (QED) is 0.614. The number of hydrogen-bond donors (Lipinski definition) is 1. The Balaban J connectivity index is 2.00. The highest BCUT2D eigenvalue weighted by atomic mass is 79.9. The number of anilines is 1. The van der Waals surface area contributed by atoms with E-state index in [1.807, 2.05) is 0 Å². The zero-order valence-corrected chi connectivity index (χ0v) is 16.5. The first-order valence-corrected chi connectivity index (χ1v) is 9.61. The molecule has 1 aromatic carbocycles. The van der Waals surface area contributed by atoms with Gasteiger partial charge in [0.2, 0.25) is 0 Å². The molecule has 2 nitrogen and oxygen atoms in total. The Bertz CT molecular complexity index is 428. The fourth-order valence-electron chi connectivity index (χ4n) is 2.72. The second-order valence-electron chi connectivity index (χ2n) is 5.36. The zero-order valence-electron chi connectivity index (χ0n) is 11.8. The highest BCUT2D eigenvalue weighted by Crippen LogP contribution is 2.35. The van der Waals surface area contributed by atoms with E-state index >= 15 is 0 Å². The first kappa shape index (κ1) is 16.8. The Morgan fingerprint density at radius 1 is 1.15 bits per heavy atom. The normalized spacial score (nSPS) is 20.7. The summed E-state index contributed by atoms with van der Waals surface area (Å²) in [5.74, 6) is 0. The molecule has 1 heterocycles. The van der Waals surface area contributed by atoms with Crippen LogP contribution in [0.4, 0.5) is 5.69 Å². The molecule has 1 aliphatic rings. The summed E-state index contributed by atoms with van der Waals surface area (Å²) < 4.78 is 3.29. The van der Waals surface area contributed by atoms with Gasteiger partial charge in [-0.3, -0.25) is 0 Å². The molecule has 1 atom stereocenters. The Morgan fingerprint density at radius 2 is 1.85 bits per heavy atom. The molecule has 0 radical (unpaired) electrons. The fraction of sp³-hybridized carbons (Fsp3) is 0.600. The molecule has 20 heavy (non-hydrogen) atoms. The number of nitrogens with zero attached hydrogens (tertiary/aromatic N) is 1. The van der Waals surface area contributed by atoms with E-state index < -0.39 is 0 Å². The van der Waals surface area contributed by atoms with E-state index in [-0.39, 0.29) is 0 Å². The molecule has 112 valence electrons. The maximum absolute atomic E-state index is 3.71. The molecule has 1 aliphatic heterocycles. The van der Waals surface area contributed by atoms with Gasteiger partial charge < -0.3 is 10.2 Å². The summed E-state index contributed by atoms with van der Waals surface area (Å²) in [6, 6.07) is 4.74. The third-order valence-electron chi connectivity index (χ3n) is 3.72. The minimum absolute atomic E-state index is 0.561. The molecule has 0 bridgehead atoms. The first-order chi connectivity index (χ1) is 9.60. The molecule has 1 fully saturated rings. The second-order valence-corrected chi connectivity index (χ2v) is 7.98. The Kier molecular flexibility index (Phi) is 6.85. The predicted octanol–water partition coefficient (Wildman–Crippen LogP) is 5.65. The van der Waals surface area contributed by atoms with Gasteiger partial charge in [0.15, 0.2) is 0 Å². The average molecular weight is 469 g/mol.